The van der Waals surface area contributed by atoms with Crippen molar-refractivity contribution in [3.8, 4) is 5.75 Å². The maximum Gasteiger partial charge on any atom is 0.258 e. The molecule has 2 N–H and O–H groups in total. The summed E-state index contributed by atoms with van der Waals surface area (Å²) in [6.07, 6.45) is 0.643. The van der Waals surface area contributed by atoms with Crippen LogP contribution in [0.5, 0.6) is 5.75 Å². The van der Waals surface area contributed by atoms with Gasteiger partial charge in [0.15, 0.2) is 0 Å². The van der Waals surface area contributed by atoms with E-state index in [0.29, 0.717) is 6.42 Å². The Morgan fingerprint density at radius 1 is 1.62 bits per heavy atom. The zero-order valence-corrected chi connectivity index (χ0v) is 9.59. The topological polar surface area (TPSA) is 49.3 Å². The van der Waals surface area contributed by atoms with Crippen LogP contribution in [0.25, 0.3) is 0 Å². The second kappa shape index (κ2) is 5.70. The van der Waals surface area contributed by atoms with Gasteiger partial charge in [0.05, 0.1) is 0 Å². The van der Waals surface area contributed by atoms with Gasteiger partial charge in [-0.25, -0.2) is 4.39 Å². The highest BCUT2D eigenvalue weighted by Gasteiger charge is 2.18. The Morgan fingerprint density at radius 2 is 2.31 bits per heavy atom. The SMILES string of the molecule is CCC(CCl)NC(=O)c1c(O)cccc1F. The molecule has 0 saturated heterocycles. The molecule has 0 aliphatic carbocycles. The van der Waals surface area contributed by atoms with E-state index in [2.05, 4.69) is 5.32 Å². The summed E-state index contributed by atoms with van der Waals surface area (Å²) in [5, 5.41) is 11.9. The molecule has 0 heterocycles. The first-order chi connectivity index (χ1) is 7.60. The van der Waals surface area contributed by atoms with E-state index in [-0.39, 0.29) is 23.2 Å². The number of hydrogen-bond acceptors (Lipinski definition) is 2. The Hall–Kier alpha value is -1.29. The van der Waals surface area contributed by atoms with Gasteiger partial charge >= 0.3 is 0 Å². The van der Waals surface area contributed by atoms with Gasteiger partial charge in [0.2, 0.25) is 0 Å². The zero-order chi connectivity index (χ0) is 12.1. The van der Waals surface area contributed by atoms with Gasteiger partial charge in [-0.3, -0.25) is 4.79 Å². The van der Waals surface area contributed by atoms with Crippen molar-refractivity contribution in [2.24, 2.45) is 0 Å². The molecule has 0 aromatic heterocycles. The minimum Gasteiger partial charge on any atom is -0.507 e. The highest BCUT2D eigenvalue weighted by atomic mass is 35.5. The van der Waals surface area contributed by atoms with E-state index in [0.717, 1.165) is 6.07 Å². The van der Waals surface area contributed by atoms with Crippen LogP contribution >= 0.6 is 11.6 Å². The second-order valence-corrected chi connectivity index (χ2v) is 3.68. The third-order valence-electron chi connectivity index (χ3n) is 2.23. The lowest BCUT2D eigenvalue weighted by Crippen LogP contribution is -2.36. The molecule has 1 aromatic rings. The molecule has 1 amide bonds. The third-order valence-corrected chi connectivity index (χ3v) is 2.61. The van der Waals surface area contributed by atoms with Crippen LogP contribution in [0.1, 0.15) is 23.7 Å². The maximum absolute atomic E-state index is 13.3. The zero-order valence-electron chi connectivity index (χ0n) is 8.84. The molecule has 3 nitrogen and oxygen atoms in total. The van der Waals surface area contributed by atoms with Crippen molar-refractivity contribution >= 4 is 17.5 Å². The highest BCUT2D eigenvalue weighted by molar-refractivity contribution is 6.18. The van der Waals surface area contributed by atoms with Gasteiger partial charge in [0.1, 0.15) is 17.1 Å². The van der Waals surface area contributed by atoms with Gasteiger partial charge in [-0.05, 0) is 18.6 Å². The highest BCUT2D eigenvalue weighted by Crippen LogP contribution is 2.19. The molecule has 0 aliphatic rings. The molecule has 88 valence electrons. The van der Waals surface area contributed by atoms with Crippen molar-refractivity contribution in [3.63, 3.8) is 0 Å². The van der Waals surface area contributed by atoms with Gasteiger partial charge in [-0.2, -0.15) is 0 Å². The van der Waals surface area contributed by atoms with Crippen LogP contribution in [0.15, 0.2) is 18.2 Å². The Balaban J connectivity index is 2.88. The molecular weight excluding hydrogens is 233 g/mol. The fourth-order valence-corrected chi connectivity index (χ4v) is 1.54. The van der Waals surface area contributed by atoms with Crippen LogP contribution in [0, 0.1) is 5.82 Å². The monoisotopic (exact) mass is 245 g/mol. The van der Waals surface area contributed by atoms with Crippen LogP contribution in [0.2, 0.25) is 0 Å². The number of amides is 1. The molecule has 1 aromatic carbocycles. The lowest BCUT2D eigenvalue weighted by molar-refractivity contribution is 0.0933. The summed E-state index contributed by atoms with van der Waals surface area (Å²) < 4.78 is 13.3. The largest absolute Gasteiger partial charge is 0.507 e. The minimum atomic E-state index is -0.748. The summed E-state index contributed by atoms with van der Waals surface area (Å²) in [4.78, 5) is 11.6. The molecule has 0 saturated carbocycles. The lowest BCUT2D eigenvalue weighted by atomic mass is 10.1. The van der Waals surface area contributed by atoms with Crippen molar-refractivity contribution in [2.45, 2.75) is 19.4 Å². The Labute approximate surface area is 98.2 Å². The second-order valence-electron chi connectivity index (χ2n) is 3.37. The van der Waals surface area contributed by atoms with E-state index in [1.54, 1.807) is 0 Å². The van der Waals surface area contributed by atoms with Crippen LogP contribution < -0.4 is 5.32 Å². The number of hydrogen-bond donors (Lipinski definition) is 2. The van der Waals surface area contributed by atoms with Gasteiger partial charge in [-0.1, -0.05) is 13.0 Å². The number of carbonyl (C=O) groups excluding carboxylic acids is 1. The van der Waals surface area contributed by atoms with Gasteiger partial charge in [-0.15, -0.1) is 11.6 Å². The number of alkyl halides is 1. The fraction of sp³-hybridized carbons (Fsp3) is 0.364. The summed E-state index contributed by atoms with van der Waals surface area (Å²) in [6.45, 7) is 1.86. The van der Waals surface area contributed by atoms with Gasteiger partial charge in [0, 0.05) is 11.9 Å². The fourth-order valence-electron chi connectivity index (χ4n) is 1.24. The summed E-state index contributed by atoms with van der Waals surface area (Å²) in [5.74, 6) is -1.52. The van der Waals surface area contributed by atoms with Crippen molar-refractivity contribution in [2.75, 3.05) is 5.88 Å². The summed E-state index contributed by atoms with van der Waals surface area (Å²) in [6, 6.07) is 3.49. The normalized spacial score (nSPS) is 12.2. The standard InChI is InChI=1S/C11H13ClFNO2/c1-2-7(6-12)14-11(16)10-8(13)4-3-5-9(10)15/h3-5,7,15H,2,6H2,1H3,(H,14,16). The average Bonchev–Trinajstić information content (AvgIpc) is 2.25. The molecule has 0 aliphatic heterocycles. The molecule has 1 unspecified atom stereocenters. The molecule has 5 heteroatoms. The molecule has 1 rings (SSSR count). The van der Waals surface area contributed by atoms with E-state index in [9.17, 15) is 14.3 Å². The number of phenols is 1. The first kappa shape index (κ1) is 12.8. The number of carbonyl (C=O) groups is 1. The van der Waals surface area contributed by atoms with Crippen LogP contribution in [0.3, 0.4) is 0 Å². The summed E-state index contributed by atoms with van der Waals surface area (Å²) in [7, 11) is 0. The maximum atomic E-state index is 13.3. The van der Waals surface area contributed by atoms with Crippen molar-refractivity contribution in [1.82, 2.24) is 5.32 Å². The molecule has 0 radical (unpaired) electrons. The first-order valence-electron chi connectivity index (χ1n) is 4.94. The Kier molecular flexibility index (Phi) is 4.55. The van der Waals surface area contributed by atoms with Crippen molar-refractivity contribution in [1.29, 1.82) is 0 Å². The number of halogens is 2. The summed E-state index contributed by atoms with van der Waals surface area (Å²) >= 11 is 5.61. The van der Waals surface area contributed by atoms with Gasteiger partial charge < -0.3 is 10.4 Å². The van der Waals surface area contributed by atoms with Crippen LogP contribution in [0.4, 0.5) is 4.39 Å². The summed E-state index contributed by atoms with van der Waals surface area (Å²) in [5.41, 5.74) is -0.342. The predicted octanol–water partition coefficient (Wildman–Crippen LogP) is 2.28. The molecule has 0 fully saturated rings. The van der Waals surface area contributed by atoms with E-state index in [4.69, 9.17) is 11.6 Å². The van der Waals surface area contributed by atoms with E-state index < -0.39 is 11.7 Å². The smallest absolute Gasteiger partial charge is 0.258 e. The number of nitrogens with one attached hydrogen (secondary N) is 1. The third kappa shape index (κ3) is 2.85. The minimum absolute atomic E-state index is 0.229. The quantitative estimate of drug-likeness (QED) is 0.800. The molecular formula is C11H13ClFNO2. The molecule has 16 heavy (non-hydrogen) atoms. The van der Waals surface area contributed by atoms with Crippen LogP contribution in [-0.4, -0.2) is 22.9 Å². The van der Waals surface area contributed by atoms with E-state index in [1.165, 1.54) is 12.1 Å². The predicted molar refractivity (Wildman–Crippen MR) is 60.3 cm³/mol. The number of aromatic hydroxyl groups is 1. The Bertz CT molecular complexity index is 360. The van der Waals surface area contributed by atoms with E-state index in [1.807, 2.05) is 6.92 Å². The molecule has 0 spiro atoms. The number of phenolic OH excluding ortho intramolecular Hbond substituents is 1. The molecule has 1 atom stereocenters. The van der Waals surface area contributed by atoms with Crippen molar-refractivity contribution < 1.29 is 14.3 Å². The number of rotatable bonds is 4. The molecule has 0 bridgehead atoms. The van der Waals surface area contributed by atoms with E-state index >= 15 is 0 Å². The van der Waals surface area contributed by atoms with Crippen LogP contribution in [-0.2, 0) is 0 Å². The van der Waals surface area contributed by atoms with Crippen molar-refractivity contribution in [3.05, 3.63) is 29.6 Å². The lowest BCUT2D eigenvalue weighted by Gasteiger charge is -2.14. The Morgan fingerprint density at radius 3 is 2.81 bits per heavy atom. The average molecular weight is 246 g/mol. The number of benzene rings is 1. The first-order valence-corrected chi connectivity index (χ1v) is 5.47. The van der Waals surface area contributed by atoms with Gasteiger partial charge in [0.25, 0.3) is 5.91 Å².